The molecule has 2 N–H and O–H groups in total. The molecule has 1 aromatic heterocycles. The van der Waals surface area contributed by atoms with Crippen molar-refractivity contribution in [2.45, 2.75) is 27.2 Å². The molecular weight excluding hydrogens is 318 g/mol. The summed E-state index contributed by atoms with van der Waals surface area (Å²) in [7, 11) is 0. The van der Waals surface area contributed by atoms with E-state index in [-0.39, 0.29) is 18.4 Å². The first-order valence-electron chi connectivity index (χ1n) is 8.48. The highest BCUT2D eigenvalue weighted by atomic mass is 16.4. The van der Waals surface area contributed by atoms with Crippen LogP contribution < -0.4 is 0 Å². The van der Waals surface area contributed by atoms with Crippen LogP contribution in [0.2, 0.25) is 0 Å². The molecule has 1 atom stereocenters. The molecule has 3 rings (SSSR count). The van der Waals surface area contributed by atoms with E-state index in [1.807, 2.05) is 45.0 Å². The number of likely N-dealkylation sites (tertiary alicyclic amines) is 1. The van der Waals surface area contributed by atoms with Gasteiger partial charge in [-0.1, -0.05) is 43.7 Å². The van der Waals surface area contributed by atoms with Gasteiger partial charge in [0.15, 0.2) is 0 Å². The van der Waals surface area contributed by atoms with Gasteiger partial charge in [-0.3, -0.25) is 14.7 Å². The Hall–Kier alpha value is -2.63. The van der Waals surface area contributed by atoms with E-state index in [1.54, 1.807) is 11.0 Å². The molecule has 25 heavy (non-hydrogen) atoms. The lowest BCUT2D eigenvalue weighted by Gasteiger charge is -2.28. The van der Waals surface area contributed by atoms with E-state index in [1.165, 1.54) is 0 Å². The fraction of sp³-hybridized carbons (Fsp3) is 0.421. The standard InChI is InChI=1S/C19H23N3O3/c1-12(2)19(18(24)25)8-9-22(11-19)17(23)16-10-15(20-21-16)14-6-4-13(3)5-7-14/h4-7,10,12H,8-9,11H2,1-3H3,(H,20,21)(H,24,25). The number of nitrogens with zero attached hydrogens (tertiary/aromatic N) is 2. The topological polar surface area (TPSA) is 86.3 Å². The Labute approximate surface area is 146 Å². The van der Waals surface area contributed by atoms with E-state index in [4.69, 9.17) is 0 Å². The Morgan fingerprint density at radius 3 is 2.52 bits per heavy atom. The Kier molecular flexibility index (Phi) is 4.37. The van der Waals surface area contributed by atoms with E-state index in [0.29, 0.717) is 24.4 Å². The fourth-order valence-electron chi connectivity index (χ4n) is 3.37. The normalized spacial score (nSPS) is 20.2. The van der Waals surface area contributed by atoms with Crippen molar-refractivity contribution in [3.8, 4) is 11.3 Å². The predicted molar refractivity (Wildman–Crippen MR) is 94.2 cm³/mol. The van der Waals surface area contributed by atoms with Crippen LogP contribution in [0.1, 0.15) is 36.3 Å². The number of carboxylic acid groups (broad SMARTS) is 1. The molecule has 1 fully saturated rings. The van der Waals surface area contributed by atoms with Crippen molar-refractivity contribution in [1.29, 1.82) is 0 Å². The summed E-state index contributed by atoms with van der Waals surface area (Å²) in [6.45, 7) is 6.49. The molecule has 1 aliphatic rings. The maximum Gasteiger partial charge on any atom is 0.311 e. The van der Waals surface area contributed by atoms with Gasteiger partial charge in [0.05, 0.1) is 11.1 Å². The third kappa shape index (κ3) is 3.04. The van der Waals surface area contributed by atoms with Gasteiger partial charge in [-0.05, 0) is 25.3 Å². The molecule has 6 nitrogen and oxygen atoms in total. The fourth-order valence-corrected chi connectivity index (χ4v) is 3.37. The Morgan fingerprint density at radius 1 is 1.28 bits per heavy atom. The minimum absolute atomic E-state index is 0.0345. The highest BCUT2D eigenvalue weighted by molar-refractivity contribution is 5.94. The van der Waals surface area contributed by atoms with Crippen LogP contribution in [-0.2, 0) is 4.79 Å². The van der Waals surface area contributed by atoms with Gasteiger partial charge in [0.2, 0.25) is 0 Å². The molecular formula is C19H23N3O3. The number of carbonyl (C=O) groups is 2. The molecule has 1 unspecified atom stereocenters. The first-order chi connectivity index (χ1) is 11.8. The average molecular weight is 341 g/mol. The number of rotatable bonds is 4. The first-order valence-corrected chi connectivity index (χ1v) is 8.48. The van der Waals surface area contributed by atoms with Crippen LogP contribution in [0.15, 0.2) is 30.3 Å². The number of carbonyl (C=O) groups excluding carboxylic acids is 1. The maximum atomic E-state index is 12.7. The molecule has 0 bridgehead atoms. The zero-order chi connectivity index (χ0) is 18.2. The molecule has 6 heteroatoms. The number of amides is 1. The molecule has 0 radical (unpaired) electrons. The van der Waals surface area contributed by atoms with E-state index >= 15 is 0 Å². The van der Waals surface area contributed by atoms with Crippen LogP contribution in [0, 0.1) is 18.3 Å². The maximum absolute atomic E-state index is 12.7. The molecule has 132 valence electrons. The van der Waals surface area contributed by atoms with Crippen molar-refractivity contribution < 1.29 is 14.7 Å². The summed E-state index contributed by atoms with van der Waals surface area (Å²) in [6.07, 6.45) is 0.477. The Bertz CT molecular complexity index is 795. The zero-order valence-corrected chi connectivity index (χ0v) is 14.7. The highest BCUT2D eigenvalue weighted by Gasteiger charge is 2.48. The van der Waals surface area contributed by atoms with Crippen LogP contribution in [-0.4, -0.2) is 45.2 Å². The Morgan fingerprint density at radius 2 is 1.96 bits per heavy atom. The van der Waals surface area contributed by atoms with Crippen molar-refractivity contribution in [3.05, 3.63) is 41.6 Å². The largest absolute Gasteiger partial charge is 0.481 e. The molecule has 1 amide bonds. The zero-order valence-electron chi connectivity index (χ0n) is 14.7. The van der Waals surface area contributed by atoms with Crippen LogP contribution in [0.5, 0.6) is 0 Å². The third-order valence-electron chi connectivity index (χ3n) is 5.27. The van der Waals surface area contributed by atoms with E-state index in [2.05, 4.69) is 10.2 Å². The summed E-state index contributed by atoms with van der Waals surface area (Å²) < 4.78 is 0. The number of aryl methyl sites for hydroxylation is 1. The van der Waals surface area contributed by atoms with E-state index in [0.717, 1.165) is 11.1 Å². The quantitative estimate of drug-likeness (QED) is 0.895. The van der Waals surface area contributed by atoms with Crippen molar-refractivity contribution >= 4 is 11.9 Å². The molecule has 1 aliphatic heterocycles. The van der Waals surface area contributed by atoms with Crippen molar-refractivity contribution in [2.24, 2.45) is 11.3 Å². The van der Waals surface area contributed by atoms with Gasteiger partial charge in [0.1, 0.15) is 5.69 Å². The van der Waals surface area contributed by atoms with Gasteiger partial charge in [-0.25, -0.2) is 0 Å². The number of aromatic nitrogens is 2. The molecule has 0 aliphatic carbocycles. The monoisotopic (exact) mass is 341 g/mol. The second-order valence-electron chi connectivity index (χ2n) is 7.13. The summed E-state index contributed by atoms with van der Waals surface area (Å²) in [5, 5.41) is 16.6. The summed E-state index contributed by atoms with van der Waals surface area (Å²) in [5.41, 5.74) is 2.32. The van der Waals surface area contributed by atoms with Gasteiger partial charge in [-0.2, -0.15) is 5.10 Å². The summed E-state index contributed by atoms with van der Waals surface area (Å²) >= 11 is 0. The van der Waals surface area contributed by atoms with Crippen molar-refractivity contribution in [2.75, 3.05) is 13.1 Å². The number of nitrogens with one attached hydrogen (secondary N) is 1. The summed E-state index contributed by atoms with van der Waals surface area (Å²) in [4.78, 5) is 26.1. The van der Waals surface area contributed by atoms with E-state index in [9.17, 15) is 14.7 Å². The second kappa shape index (κ2) is 6.35. The number of aromatic amines is 1. The average Bonchev–Trinajstić information content (AvgIpc) is 3.23. The molecule has 2 heterocycles. The minimum atomic E-state index is -0.866. The highest BCUT2D eigenvalue weighted by Crippen LogP contribution is 2.38. The number of hydrogen-bond donors (Lipinski definition) is 2. The minimum Gasteiger partial charge on any atom is -0.481 e. The first kappa shape index (κ1) is 17.2. The number of H-pyrrole nitrogens is 1. The number of hydrogen-bond acceptors (Lipinski definition) is 3. The lowest BCUT2D eigenvalue weighted by molar-refractivity contribution is -0.150. The molecule has 0 saturated carbocycles. The predicted octanol–water partition coefficient (Wildman–Crippen LogP) is 2.96. The van der Waals surface area contributed by atoms with Gasteiger partial charge in [-0.15, -0.1) is 0 Å². The molecule has 1 saturated heterocycles. The number of carboxylic acids is 1. The SMILES string of the molecule is Cc1ccc(-c2cc(C(=O)N3CCC(C(=O)O)(C(C)C)C3)[nH]n2)cc1. The van der Waals surface area contributed by atoms with Crippen LogP contribution >= 0.6 is 0 Å². The number of benzene rings is 1. The van der Waals surface area contributed by atoms with Gasteiger partial charge in [0.25, 0.3) is 5.91 Å². The summed E-state index contributed by atoms with van der Waals surface area (Å²) in [5.74, 6) is -1.06. The second-order valence-corrected chi connectivity index (χ2v) is 7.13. The van der Waals surface area contributed by atoms with Crippen LogP contribution in [0.25, 0.3) is 11.3 Å². The van der Waals surface area contributed by atoms with Crippen molar-refractivity contribution in [1.82, 2.24) is 15.1 Å². The summed E-state index contributed by atoms with van der Waals surface area (Å²) in [6, 6.07) is 9.64. The lowest BCUT2D eigenvalue weighted by Crippen LogP contribution is -2.40. The lowest BCUT2D eigenvalue weighted by atomic mass is 9.76. The van der Waals surface area contributed by atoms with Crippen LogP contribution in [0.3, 0.4) is 0 Å². The van der Waals surface area contributed by atoms with Crippen LogP contribution in [0.4, 0.5) is 0 Å². The van der Waals surface area contributed by atoms with Gasteiger partial charge in [0, 0.05) is 18.7 Å². The van der Waals surface area contributed by atoms with Gasteiger partial charge >= 0.3 is 5.97 Å². The molecule has 0 spiro atoms. The van der Waals surface area contributed by atoms with E-state index < -0.39 is 11.4 Å². The Balaban J connectivity index is 1.79. The molecule has 2 aromatic rings. The molecule has 1 aromatic carbocycles. The van der Waals surface area contributed by atoms with Gasteiger partial charge < -0.3 is 10.0 Å². The third-order valence-corrected chi connectivity index (χ3v) is 5.27. The van der Waals surface area contributed by atoms with Crippen molar-refractivity contribution in [3.63, 3.8) is 0 Å². The number of aliphatic carboxylic acids is 1. The smallest absolute Gasteiger partial charge is 0.311 e.